The number of halogens is 1. The first kappa shape index (κ1) is 25.0. The molecule has 1 saturated heterocycles. The molecule has 194 valence electrons. The van der Waals surface area contributed by atoms with E-state index >= 15 is 0 Å². The summed E-state index contributed by atoms with van der Waals surface area (Å²) in [4.78, 5) is 22.6. The molecule has 6 rings (SSSR count). The van der Waals surface area contributed by atoms with Crippen molar-refractivity contribution >= 4 is 44.8 Å². The van der Waals surface area contributed by atoms with Gasteiger partial charge in [-0.25, -0.2) is 14.5 Å². The zero-order valence-electron chi connectivity index (χ0n) is 21.3. The number of piperidine rings is 1. The maximum atomic E-state index is 12.5. The normalized spacial score (nSPS) is 14.4. The molecule has 2 aromatic carbocycles. The van der Waals surface area contributed by atoms with Crippen LogP contribution in [0.4, 0.5) is 0 Å². The highest BCUT2D eigenvalue weighted by Gasteiger charge is 2.23. The Morgan fingerprint density at radius 3 is 2.74 bits per heavy atom. The molecule has 5 aromatic rings. The van der Waals surface area contributed by atoms with Crippen molar-refractivity contribution in [2.75, 3.05) is 19.7 Å². The molecule has 1 aliphatic heterocycles. The Kier molecular flexibility index (Phi) is 6.86. The Balaban J connectivity index is 1.49. The number of esters is 1. The average molecular weight is 546 g/mol. The molecule has 1 aliphatic rings. The first-order valence-corrected chi connectivity index (χ1v) is 14.1. The van der Waals surface area contributed by atoms with Crippen LogP contribution < -0.4 is 5.32 Å². The fourth-order valence-electron chi connectivity index (χ4n) is 5.28. The third-order valence-electron chi connectivity index (χ3n) is 7.17. The fraction of sp³-hybridized carbons (Fsp3) is 0.310. The Morgan fingerprint density at radius 2 is 1.97 bits per heavy atom. The van der Waals surface area contributed by atoms with Gasteiger partial charge in [0.25, 0.3) is 0 Å². The Bertz CT molecular complexity index is 1640. The van der Waals surface area contributed by atoms with Crippen LogP contribution in [0.25, 0.3) is 37.7 Å². The maximum Gasteiger partial charge on any atom is 0.310 e. The van der Waals surface area contributed by atoms with Crippen molar-refractivity contribution in [3.63, 3.8) is 0 Å². The number of hydrogen-bond acceptors (Lipinski definition) is 7. The number of carbonyl (C=O) groups excluding carboxylic acids is 1. The van der Waals surface area contributed by atoms with Gasteiger partial charge >= 0.3 is 5.97 Å². The topological polar surface area (TPSA) is 81.4 Å². The van der Waals surface area contributed by atoms with Crippen molar-refractivity contribution in [2.45, 2.75) is 39.0 Å². The van der Waals surface area contributed by atoms with Crippen LogP contribution in [-0.2, 0) is 16.0 Å². The van der Waals surface area contributed by atoms with Crippen molar-refractivity contribution in [2.24, 2.45) is 0 Å². The number of nitrogens with one attached hydrogen (secondary N) is 1. The Morgan fingerprint density at radius 1 is 1.18 bits per heavy atom. The predicted molar refractivity (Wildman–Crippen MR) is 152 cm³/mol. The molecule has 0 atom stereocenters. The second-order valence-corrected chi connectivity index (χ2v) is 11.0. The highest BCUT2D eigenvalue weighted by atomic mass is 35.5. The van der Waals surface area contributed by atoms with E-state index in [4.69, 9.17) is 26.3 Å². The minimum atomic E-state index is -0.242. The van der Waals surface area contributed by atoms with Crippen LogP contribution in [0.5, 0.6) is 0 Å². The second kappa shape index (κ2) is 10.4. The van der Waals surface area contributed by atoms with Gasteiger partial charge in [0.1, 0.15) is 10.7 Å². The fourth-order valence-corrected chi connectivity index (χ4v) is 6.51. The molecule has 0 amide bonds. The van der Waals surface area contributed by atoms with Crippen LogP contribution in [-0.4, -0.2) is 45.2 Å². The van der Waals surface area contributed by atoms with Crippen LogP contribution in [0, 0.1) is 6.92 Å². The molecule has 0 bridgehead atoms. The van der Waals surface area contributed by atoms with Crippen molar-refractivity contribution in [1.82, 2.24) is 24.9 Å². The molecule has 7 nitrogen and oxygen atoms in total. The van der Waals surface area contributed by atoms with E-state index in [-0.39, 0.29) is 12.4 Å². The van der Waals surface area contributed by atoms with E-state index in [0.717, 1.165) is 74.8 Å². The van der Waals surface area contributed by atoms with Gasteiger partial charge in [-0.05, 0) is 86.7 Å². The monoisotopic (exact) mass is 545 g/mol. The summed E-state index contributed by atoms with van der Waals surface area (Å²) in [6.07, 6.45) is 6.29. The SMILES string of the molecule is CCOC(=O)Cc1c(C)cc2nc(-c3ccn4ncc(C5CCNCC5)c4n3)sc2c1-c1ccc(Cl)cc1. The molecule has 4 heterocycles. The summed E-state index contributed by atoms with van der Waals surface area (Å²) >= 11 is 7.80. The molecule has 1 N–H and O–H groups in total. The Hall–Kier alpha value is -3.33. The lowest BCUT2D eigenvalue weighted by Gasteiger charge is -2.21. The maximum absolute atomic E-state index is 12.5. The molecule has 1 fully saturated rings. The van der Waals surface area contributed by atoms with Crippen molar-refractivity contribution in [3.05, 3.63) is 70.5 Å². The van der Waals surface area contributed by atoms with Gasteiger partial charge < -0.3 is 10.1 Å². The first-order valence-electron chi connectivity index (χ1n) is 12.9. The van der Waals surface area contributed by atoms with Crippen molar-refractivity contribution in [1.29, 1.82) is 0 Å². The van der Waals surface area contributed by atoms with Crippen LogP contribution in [0.15, 0.2) is 48.8 Å². The summed E-state index contributed by atoms with van der Waals surface area (Å²) in [5.41, 5.74) is 7.73. The molecule has 9 heteroatoms. The summed E-state index contributed by atoms with van der Waals surface area (Å²) < 4.78 is 8.17. The van der Waals surface area contributed by atoms with Gasteiger partial charge in [-0.15, -0.1) is 11.3 Å². The summed E-state index contributed by atoms with van der Waals surface area (Å²) in [6.45, 7) is 6.23. The number of hydrogen-bond donors (Lipinski definition) is 1. The van der Waals surface area contributed by atoms with Gasteiger partial charge in [0, 0.05) is 22.3 Å². The third kappa shape index (κ3) is 4.68. The van der Waals surface area contributed by atoms with Crippen molar-refractivity contribution < 1.29 is 9.53 Å². The zero-order valence-corrected chi connectivity index (χ0v) is 22.9. The molecule has 0 aliphatic carbocycles. The van der Waals surface area contributed by atoms with Crippen molar-refractivity contribution in [3.8, 4) is 21.8 Å². The molecule has 0 spiro atoms. The highest BCUT2D eigenvalue weighted by Crippen LogP contribution is 2.41. The summed E-state index contributed by atoms with van der Waals surface area (Å²) in [5, 5.41) is 9.49. The standard InChI is InChI=1S/C29H28ClN5O2S/c1-3-37-25(36)15-21-17(2)14-24-27(26(21)19-4-6-20(30)7-5-19)38-29(34-24)23-10-13-35-28(33-23)22(16-32-35)18-8-11-31-12-9-18/h4-7,10,13-14,16,18,31H,3,8-9,11-12,15H2,1-2H3. The van der Waals surface area contributed by atoms with Crippen LogP contribution in [0.3, 0.4) is 0 Å². The van der Waals surface area contributed by atoms with E-state index in [2.05, 4.69) is 16.5 Å². The number of aromatic nitrogens is 4. The van der Waals surface area contributed by atoms with E-state index in [1.165, 1.54) is 5.56 Å². The molecule has 0 saturated carbocycles. The minimum absolute atomic E-state index is 0.195. The summed E-state index contributed by atoms with van der Waals surface area (Å²) in [5.74, 6) is 0.213. The zero-order chi connectivity index (χ0) is 26.2. The lowest BCUT2D eigenvalue weighted by atomic mass is 9.92. The molecular formula is C29H28ClN5O2S. The largest absolute Gasteiger partial charge is 0.466 e. The summed E-state index contributed by atoms with van der Waals surface area (Å²) in [7, 11) is 0. The minimum Gasteiger partial charge on any atom is -0.466 e. The lowest BCUT2D eigenvalue weighted by Crippen LogP contribution is -2.26. The quantitative estimate of drug-likeness (QED) is 0.256. The van der Waals surface area contributed by atoms with Crippen LogP contribution in [0.1, 0.15) is 42.4 Å². The third-order valence-corrected chi connectivity index (χ3v) is 8.53. The van der Waals surface area contributed by atoms with Gasteiger partial charge in [-0.1, -0.05) is 23.7 Å². The molecule has 38 heavy (non-hydrogen) atoms. The van der Waals surface area contributed by atoms with Gasteiger partial charge in [0.2, 0.25) is 0 Å². The predicted octanol–water partition coefficient (Wildman–Crippen LogP) is 6.21. The Labute approximate surface area is 229 Å². The van der Waals surface area contributed by atoms with Crippen LogP contribution in [0.2, 0.25) is 5.02 Å². The second-order valence-electron chi connectivity index (χ2n) is 9.61. The molecular weight excluding hydrogens is 518 g/mol. The smallest absolute Gasteiger partial charge is 0.310 e. The number of carbonyl (C=O) groups is 1. The van der Waals surface area contributed by atoms with Gasteiger partial charge in [0.15, 0.2) is 5.65 Å². The van der Waals surface area contributed by atoms with Gasteiger partial charge in [-0.2, -0.15) is 5.10 Å². The number of rotatable bonds is 6. The van der Waals surface area contributed by atoms with E-state index < -0.39 is 0 Å². The number of ether oxygens (including phenoxy) is 1. The van der Waals surface area contributed by atoms with E-state index in [1.807, 2.05) is 61.1 Å². The number of thiazole rings is 1. The molecule has 0 unspecified atom stereocenters. The van der Waals surface area contributed by atoms with Gasteiger partial charge in [-0.3, -0.25) is 4.79 Å². The molecule has 0 radical (unpaired) electrons. The average Bonchev–Trinajstić information content (AvgIpc) is 3.54. The van der Waals surface area contributed by atoms with E-state index in [0.29, 0.717) is 17.5 Å². The number of fused-ring (bicyclic) bond motifs is 2. The number of aryl methyl sites for hydroxylation is 1. The van der Waals surface area contributed by atoms with E-state index in [1.54, 1.807) is 11.3 Å². The van der Waals surface area contributed by atoms with Gasteiger partial charge in [0.05, 0.1) is 29.4 Å². The van der Waals surface area contributed by atoms with E-state index in [9.17, 15) is 4.79 Å². The highest BCUT2D eigenvalue weighted by molar-refractivity contribution is 7.22. The lowest BCUT2D eigenvalue weighted by molar-refractivity contribution is -0.142. The number of benzene rings is 2. The summed E-state index contributed by atoms with van der Waals surface area (Å²) in [6, 6.07) is 11.8. The first-order chi connectivity index (χ1) is 18.5. The van der Waals surface area contributed by atoms with Crippen LogP contribution >= 0.6 is 22.9 Å². The molecule has 3 aromatic heterocycles. The number of nitrogens with zero attached hydrogens (tertiary/aromatic N) is 4.